The lowest BCUT2D eigenvalue weighted by molar-refractivity contribution is -0.660. The fourth-order valence-electron chi connectivity index (χ4n) is 3.36. The van der Waals surface area contributed by atoms with Crippen molar-refractivity contribution >= 4 is 31.5 Å². The number of fused-ring (bicyclic) bond motifs is 3. The summed E-state index contributed by atoms with van der Waals surface area (Å²) >= 11 is 1.68. The lowest BCUT2D eigenvalue weighted by Crippen LogP contribution is -2.31. The molecule has 0 aliphatic carbocycles. The van der Waals surface area contributed by atoms with Gasteiger partial charge in [-0.2, -0.15) is 0 Å². The van der Waals surface area contributed by atoms with Gasteiger partial charge in [0, 0.05) is 31.8 Å². The van der Waals surface area contributed by atoms with Crippen LogP contribution >= 0.6 is 11.3 Å². The molecule has 0 radical (unpaired) electrons. The van der Waals surface area contributed by atoms with E-state index in [0.29, 0.717) is 0 Å². The number of halogens is 1. The van der Waals surface area contributed by atoms with Crippen molar-refractivity contribution in [3.8, 4) is 11.3 Å². The fourth-order valence-corrected chi connectivity index (χ4v) is 4.70. The fraction of sp³-hybridized carbons (Fsp3) is 0.190. The molecular formula is C21H19FNS+. The number of benzene rings is 2. The van der Waals surface area contributed by atoms with Crippen molar-refractivity contribution in [2.75, 3.05) is 0 Å². The zero-order valence-corrected chi connectivity index (χ0v) is 15.1. The van der Waals surface area contributed by atoms with Crippen LogP contribution in [-0.2, 0) is 7.05 Å². The molecule has 24 heavy (non-hydrogen) atoms. The number of hydrogen-bond acceptors (Lipinski definition) is 1. The van der Waals surface area contributed by atoms with Crippen LogP contribution in [-0.4, -0.2) is 0 Å². The second kappa shape index (κ2) is 5.38. The highest BCUT2D eigenvalue weighted by atomic mass is 32.1. The van der Waals surface area contributed by atoms with Gasteiger partial charge >= 0.3 is 0 Å². The van der Waals surface area contributed by atoms with Gasteiger partial charge in [0.25, 0.3) is 0 Å². The lowest BCUT2D eigenvalue weighted by atomic mass is 9.99. The average molecular weight is 336 g/mol. The number of nitrogens with zero attached hydrogens (tertiary/aromatic N) is 1. The van der Waals surface area contributed by atoms with Crippen molar-refractivity contribution in [1.82, 2.24) is 0 Å². The van der Waals surface area contributed by atoms with Crippen LogP contribution in [0.3, 0.4) is 0 Å². The first kappa shape index (κ1) is 15.3. The van der Waals surface area contributed by atoms with E-state index in [1.807, 2.05) is 6.07 Å². The van der Waals surface area contributed by atoms with Crippen molar-refractivity contribution < 1.29 is 8.96 Å². The molecule has 0 N–H and O–H groups in total. The first-order valence-corrected chi connectivity index (χ1v) is 8.86. The Morgan fingerprint density at radius 3 is 2.42 bits per heavy atom. The van der Waals surface area contributed by atoms with Crippen LogP contribution in [0.2, 0.25) is 0 Å². The molecule has 0 saturated carbocycles. The summed E-state index contributed by atoms with van der Waals surface area (Å²) in [5, 5.41) is 2.33. The molecule has 4 aromatic rings. The summed E-state index contributed by atoms with van der Waals surface area (Å²) < 4.78 is 18.1. The lowest BCUT2D eigenvalue weighted by Gasteiger charge is -2.08. The second-order valence-corrected chi connectivity index (χ2v) is 7.56. The minimum absolute atomic E-state index is 0.177. The number of rotatable bonds is 1. The van der Waals surface area contributed by atoms with Crippen LogP contribution < -0.4 is 4.57 Å². The van der Waals surface area contributed by atoms with Crippen LogP contribution in [0.5, 0.6) is 0 Å². The molecule has 3 heteroatoms. The Labute approximate surface area is 145 Å². The summed E-state index contributed by atoms with van der Waals surface area (Å²) in [6, 6.07) is 11.7. The van der Waals surface area contributed by atoms with Crippen LogP contribution in [0.4, 0.5) is 4.39 Å². The van der Waals surface area contributed by atoms with E-state index in [1.54, 1.807) is 23.5 Å². The van der Waals surface area contributed by atoms with Gasteiger partial charge in [-0.25, -0.2) is 8.96 Å². The summed E-state index contributed by atoms with van der Waals surface area (Å²) in [7, 11) is 2.09. The van der Waals surface area contributed by atoms with Crippen molar-refractivity contribution in [2.24, 2.45) is 7.05 Å². The van der Waals surface area contributed by atoms with Gasteiger partial charge < -0.3 is 0 Å². The maximum Gasteiger partial charge on any atom is 0.214 e. The van der Waals surface area contributed by atoms with E-state index in [-0.39, 0.29) is 5.82 Å². The molecule has 120 valence electrons. The Balaban J connectivity index is 2.13. The summed E-state index contributed by atoms with van der Waals surface area (Å²) in [5.41, 5.74) is 6.26. The zero-order valence-electron chi connectivity index (χ0n) is 14.3. The van der Waals surface area contributed by atoms with Crippen LogP contribution in [0.25, 0.3) is 31.4 Å². The third-order valence-corrected chi connectivity index (χ3v) is 6.00. The third-order valence-electron chi connectivity index (χ3n) is 4.81. The first-order valence-electron chi connectivity index (χ1n) is 8.04. The van der Waals surface area contributed by atoms with Crippen molar-refractivity contribution in [3.05, 3.63) is 65.1 Å². The Morgan fingerprint density at radius 1 is 0.875 bits per heavy atom. The number of aryl methyl sites for hydroxylation is 4. The van der Waals surface area contributed by atoms with Gasteiger partial charge in [-0.15, -0.1) is 11.3 Å². The predicted octanol–water partition coefficient (Wildman–Crippen LogP) is 5.61. The summed E-state index contributed by atoms with van der Waals surface area (Å²) in [5.74, 6) is -0.177. The molecule has 0 saturated heterocycles. The molecular weight excluding hydrogens is 317 g/mol. The number of aromatic nitrogens is 1. The molecule has 0 atom stereocenters. The van der Waals surface area contributed by atoms with Gasteiger partial charge in [-0.1, -0.05) is 18.2 Å². The van der Waals surface area contributed by atoms with E-state index >= 15 is 0 Å². The highest BCUT2D eigenvalue weighted by Gasteiger charge is 2.20. The highest BCUT2D eigenvalue weighted by Crippen LogP contribution is 2.41. The number of hydrogen-bond donors (Lipinski definition) is 0. The topological polar surface area (TPSA) is 3.88 Å². The Morgan fingerprint density at radius 2 is 1.62 bits per heavy atom. The third kappa shape index (κ3) is 2.23. The van der Waals surface area contributed by atoms with Gasteiger partial charge in [0.1, 0.15) is 12.9 Å². The molecule has 0 aliphatic rings. The van der Waals surface area contributed by atoms with Gasteiger partial charge in [0.05, 0.1) is 5.56 Å². The molecule has 2 aromatic carbocycles. The van der Waals surface area contributed by atoms with Crippen LogP contribution in [0.1, 0.15) is 16.7 Å². The normalized spacial score (nSPS) is 11.5. The largest absolute Gasteiger partial charge is 0.214 e. The Kier molecular flexibility index (Phi) is 3.43. The molecule has 4 rings (SSSR count). The summed E-state index contributed by atoms with van der Waals surface area (Å²) in [4.78, 5) is 0. The van der Waals surface area contributed by atoms with Crippen molar-refractivity contribution in [1.29, 1.82) is 0 Å². The maximum atomic E-state index is 13.6. The number of pyridine rings is 1. The van der Waals surface area contributed by atoms with E-state index in [4.69, 9.17) is 0 Å². The molecule has 0 bridgehead atoms. The van der Waals surface area contributed by atoms with Gasteiger partial charge in [-0.05, 0) is 44.0 Å². The standard InChI is InChI=1S/C21H19FNS/c1-12-5-7-17-16-8-6-15(22)10-19(16)24-21(17)20(12)18-9-13(2)14(3)11-23(18)4/h5-11H,1-4H3/q+1. The second-order valence-electron chi connectivity index (χ2n) is 6.51. The molecule has 0 spiro atoms. The zero-order chi connectivity index (χ0) is 17.0. The quantitative estimate of drug-likeness (QED) is 0.398. The number of thiophene rings is 1. The maximum absolute atomic E-state index is 13.6. The monoisotopic (exact) mass is 336 g/mol. The Bertz CT molecular complexity index is 1110. The smallest absolute Gasteiger partial charge is 0.207 e. The SMILES string of the molecule is Cc1cc(-c2c(C)ccc3c2sc2cc(F)ccc23)[n+](C)cc1C. The summed E-state index contributed by atoms with van der Waals surface area (Å²) in [6.07, 6.45) is 2.18. The van der Waals surface area contributed by atoms with E-state index in [1.165, 1.54) is 38.0 Å². The molecule has 2 aromatic heterocycles. The molecule has 0 unspecified atom stereocenters. The highest BCUT2D eigenvalue weighted by molar-refractivity contribution is 7.26. The molecule has 0 fully saturated rings. The van der Waals surface area contributed by atoms with Crippen molar-refractivity contribution in [2.45, 2.75) is 20.8 Å². The average Bonchev–Trinajstić information content (AvgIpc) is 2.88. The van der Waals surface area contributed by atoms with Crippen LogP contribution in [0, 0.1) is 26.6 Å². The van der Waals surface area contributed by atoms with E-state index in [0.717, 1.165) is 10.1 Å². The van der Waals surface area contributed by atoms with E-state index < -0.39 is 0 Å². The molecule has 0 amide bonds. The van der Waals surface area contributed by atoms with Gasteiger partial charge in [0.2, 0.25) is 5.69 Å². The Hall–Kier alpha value is -2.26. The molecule has 1 nitrogen and oxygen atoms in total. The summed E-state index contributed by atoms with van der Waals surface area (Å²) in [6.45, 7) is 6.43. The minimum atomic E-state index is -0.177. The predicted molar refractivity (Wildman–Crippen MR) is 100 cm³/mol. The van der Waals surface area contributed by atoms with Crippen LogP contribution in [0.15, 0.2) is 42.6 Å². The molecule has 0 aliphatic heterocycles. The van der Waals surface area contributed by atoms with Gasteiger partial charge in [-0.3, -0.25) is 0 Å². The van der Waals surface area contributed by atoms with E-state index in [9.17, 15) is 4.39 Å². The molecule has 2 heterocycles. The minimum Gasteiger partial charge on any atom is -0.207 e. The van der Waals surface area contributed by atoms with E-state index in [2.05, 4.69) is 56.8 Å². The first-order chi connectivity index (χ1) is 11.5. The van der Waals surface area contributed by atoms with Gasteiger partial charge in [0.15, 0.2) is 6.20 Å². The van der Waals surface area contributed by atoms with Crippen molar-refractivity contribution in [3.63, 3.8) is 0 Å².